The van der Waals surface area contributed by atoms with Gasteiger partial charge in [-0.05, 0) is 19.1 Å². The molecular formula is C8H8BrFO. The molecule has 0 radical (unpaired) electrons. The van der Waals surface area contributed by atoms with E-state index in [1.54, 1.807) is 12.1 Å². The van der Waals surface area contributed by atoms with Crippen molar-refractivity contribution in [1.29, 1.82) is 0 Å². The number of benzene rings is 1. The first-order valence-electron chi connectivity index (χ1n) is 3.17. The maximum absolute atomic E-state index is 12.8. The highest BCUT2D eigenvalue weighted by Gasteiger charge is 2.20. The molecule has 0 unspecified atom stereocenters. The van der Waals surface area contributed by atoms with Gasteiger partial charge in [-0.15, -0.1) is 0 Å². The van der Waals surface area contributed by atoms with Crippen molar-refractivity contribution in [2.24, 2.45) is 0 Å². The average Bonchev–Trinajstić information content (AvgIpc) is 1.86. The van der Waals surface area contributed by atoms with Crippen LogP contribution in [0.5, 0.6) is 0 Å². The molecule has 0 aliphatic carbocycles. The van der Waals surface area contributed by atoms with E-state index >= 15 is 0 Å². The van der Waals surface area contributed by atoms with Gasteiger partial charge in [0, 0.05) is 10.0 Å². The highest BCUT2D eigenvalue weighted by atomic mass is 79.9. The van der Waals surface area contributed by atoms with Gasteiger partial charge in [0.05, 0.1) is 0 Å². The Labute approximate surface area is 73.0 Å². The smallest absolute Gasteiger partial charge is 0.230 e. The first-order chi connectivity index (χ1) is 5.00. The second kappa shape index (κ2) is 2.91. The lowest BCUT2D eigenvalue weighted by Gasteiger charge is -2.12. The summed E-state index contributed by atoms with van der Waals surface area (Å²) in [6, 6.07) is 6.43. The molecule has 0 amide bonds. The van der Waals surface area contributed by atoms with Gasteiger partial charge in [-0.2, -0.15) is 0 Å². The molecule has 11 heavy (non-hydrogen) atoms. The van der Waals surface area contributed by atoms with Crippen molar-refractivity contribution in [3.05, 3.63) is 34.3 Å². The van der Waals surface area contributed by atoms with Crippen molar-refractivity contribution in [2.75, 3.05) is 0 Å². The van der Waals surface area contributed by atoms with Gasteiger partial charge in [-0.3, -0.25) is 0 Å². The summed E-state index contributed by atoms with van der Waals surface area (Å²) in [4.78, 5) is 0. The van der Waals surface area contributed by atoms with Crippen LogP contribution in [0.3, 0.4) is 0 Å². The molecular weight excluding hydrogens is 211 g/mol. The van der Waals surface area contributed by atoms with Gasteiger partial charge in [0.25, 0.3) is 0 Å². The molecule has 1 atom stereocenters. The summed E-state index contributed by atoms with van der Waals surface area (Å²) < 4.78 is 13.7. The van der Waals surface area contributed by atoms with Crippen molar-refractivity contribution in [2.45, 2.75) is 12.8 Å². The number of rotatable bonds is 1. The van der Waals surface area contributed by atoms with Crippen molar-refractivity contribution in [1.82, 2.24) is 0 Å². The van der Waals surface area contributed by atoms with Crippen LogP contribution in [0.2, 0.25) is 0 Å². The van der Waals surface area contributed by atoms with Crippen LogP contribution in [0.4, 0.5) is 4.39 Å². The maximum Gasteiger partial charge on any atom is 0.230 e. The lowest BCUT2D eigenvalue weighted by Crippen LogP contribution is -2.12. The Kier molecular flexibility index (Phi) is 2.30. The largest absolute Gasteiger partial charge is 0.358 e. The Morgan fingerprint density at radius 2 is 1.82 bits per heavy atom. The van der Waals surface area contributed by atoms with E-state index in [0.717, 1.165) is 11.4 Å². The lowest BCUT2D eigenvalue weighted by molar-refractivity contribution is -0.0768. The second-order valence-corrected chi connectivity index (χ2v) is 3.38. The molecule has 0 saturated carbocycles. The van der Waals surface area contributed by atoms with Crippen molar-refractivity contribution >= 4 is 15.9 Å². The third kappa shape index (κ3) is 2.27. The van der Waals surface area contributed by atoms with Gasteiger partial charge in [-0.25, -0.2) is 4.39 Å². The van der Waals surface area contributed by atoms with Crippen molar-refractivity contribution in [3.63, 3.8) is 0 Å². The summed E-state index contributed by atoms with van der Waals surface area (Å²) in [5.74, 6) is -2.24. The zero-order valence-corrected chi connectivity index (χ0v) is 7.60. The molecule has 0 fully saturated rings. The van der Waals surface area contributed by atoms with Gasteiger partial charge in [0.15, 0.2) is 0 Å². The zero-order valence-electron chi connectivity index (χ0n) is 6.01. The highest BCUT2D eigenvalue weighted by molar-refractivity contribution is 9.10. The first-order valence-corrected chi connectivity index (χ1v) is 3.97. The van der Waals surface area contributed by atoms with Gasteiger partial charge in [0.2, 0.25) is 5.85 Å². The maximum atomic E-state index is 12.8. The number of hydrogen-bond acceptors (Lipinski definition) is 1. The third-order valence-corrected chi connectivity index (χ3v) is 1.90. The molecule has 0 spiro atoms. The molecule has 0 bridgehead atoms. The van der Waals surface area contributed by atoms with Gasteiger partial charge >= 0.3 is 0 Å². The minimum atomic E-state index is -2.24. The molecule has 0 aliphatic heterocycles. The number of hydrogen-bond donors (Lipinski definition) is 1. The van der Waals surface area contributed by atoms with E-state index < -0.39 is 5.85 Å². The molecule has 1 aromatic carbocycles. The minimum Gasteiger partial charge on any atom is -0.358 e. The van der Waals surface area contributed by atoms with Crippen LogP contribution in [0.25, 0.3) is 0 Å². The Morgan fingerprint density at radius 1 is 1.36 bits per heavy atom. The topological polar surface area (TPSA) is 20.2 Å². The van der Waals surface area contributed by atoms with E-state index in [1.807, 2.05) is 0 Å². The zero-order chi connectivity index (χ0) is 8.48. The summed E-state index contributed by atoms with van der Waals surface area (Å²) in [6.45, 7) is 1.11. The van der Waals surface area contributed by atoms with Gasteiger partial charge in [0.1, 0.15) is 0 Å². The Bertz CT molecular complexity index is 237. The van der Waals surface area contributed by atoms with E-state index in [1.165, 1.54) is 12.1 Å². The monoisotopic (exact) mass is 218 g/mol. The first kappa shape index (κ1) is 8.68. The summed E-state index contributed by atoms with van der Waals surface area (Å²) in [6.07, 6.45) is 0. The van der Waals surface area contributed by atoms with Crippen LogP contribution in [0.1, 0.15) is 12.5 Å². The Balaban J connectivity index is 2.99. The van der Waals surface area contributed by atoms with Crippen LogP contribution in [0, 0.1) is 0 Å². The molecule has 60 valence electrons. The van der Waals surface area contributed by atoms with Crippen LogP contribution in [0.15, 0.2) is 28.7 Å². The third-order valence-electron chi connectivity index (χ3n) is 1.37. The standard InChI is InChI=1S/C8H8BrFO/c1-8(10,11)6-2-4-7(9)5-3-6/h2-5,11H,1H3/t8-/m1/s1. The quantitative estimate of drug-likeness (QED) is 0.769. The predicted octanol–water partition coefficient (Wildman–Crippen LogP) is 2.58. The van der Waals surface area contributed by atoms with E-state index in [9.17, 15) is 4.39 Å². The molecule has 1 N–H and O–H groups in total. The number of alkyl halides is 1. The molecule has 0 heterocycles. The molecule has 0 aromatic heterocycles. The second-order valence-electron chi connectivity index (χ2n) is 2.46. The molecule has 0 aliphatic rings. The van der Waals surface area contributed by atoms with Crippen LogP contribution in [-0.2, 0) is 5.85 Å². The summed E-state index contributed by atoms with van der Waals surface area (Å²) in [5.41, 5.74) is 0.265. The number of halogens is 2. The normalized spacial score (nSPS) is 16.0. The fraction of sp³-hybridized carbons (Fsp3) is 0.250. The van der Waals surface area contributed by atoms with E-state index in [4.69, 9.17) is 5.11 Å². The van der Waals surface area contributed by atoms with E-state index in [-0.39, 0.29) is 5.56 Å². The molecule has 0 saturated heterocycles. The fourth-order valence-corrected chi connectivity index (χ4v) is 1.02. The molecule has 1 aromatic rings. The summed E-state index contributed by atoms with van der Waals surface area (Å²) >= 11 is 3.21. The van der Waals surface area contributed by atoms with E-state index in [2.05, 4.69) is 15.9 Å². The highest BCUT2D eigenvalue weighted by Crippen LogP contribution is 2.23. The summed E-state index contributed by atoms with van der Waals surface area (Å²) in [7, 11) is 0. The van der Waals surface area contributed by atoms with Gasteiger partial charge < -0.3 is 5.11 Å². The van der Waals surface area contributed by atoms with Crippen LogP contribution >= 0.6 is 15.9 Å². The molecule has 3 heteroatoms. The predicted molar refractivity (Wildman–Crippen MR) is 44.8 cm³/mol. The summed E-state index contributed by atoms with van der Waals surface area (Å²) in [5, 5.41) is 8.90. The van der Waals surface area contributed by atoms with E-state index in [0.29, 0.717) is 0 Å². The lowest BCUT2D eigenvalue weighted by atomic mass is 10.1. The molecule has 1 nitrogen and oxygen atoms in total. The average molecular weight is 219 g/mol. The van der Waals surface area contributed by atoms with Crippen molar-refractivity contribution < 1.29 is 9.50 Å². The van der Waals surface area contributed by atoms with Crippen LogP contribution < -0.4 is 0 Å². The Morgan fingerprint density at radius 3 is 2.18 bits per heavy atom. The minimum absolute atomic E-state index is 0.265. The van der Waals surface area contributed by atoms with Crippen LogP contribution in [-0.4, -0.2) is 5.11 Å². The Hall–Kier alpha value is -0.410. The number of aliphatic hydroxyl groups is 1. The van der Waals surface area contributed by atoms with Gasteiger partial charge in [-0.1, -0.05) is 28.1 Å². The SMILES string of the molecule is C[C@](O)(F)c1ccc(Br)cc1. The van der Waals surface area contributed by atoms with Crippen molar-refractivity contribution in [3.8, 4) is 0 Å². The molecule has 1 rings (SSSR count). The fourth-order valence-electron chi connectivity index (χ4n) is 0.754.